The first-order chi connectivity index (χ1) is 6.04. The van der Waals surface area contributed by atoms with Crippen LogP contribution in [0.1, 0.15) is 5.56 Å². The summed E-state index contributed by atoms with van der Waals surface area (Å²) < 4.78 is 13.5. The lowest BCUT2D eigenvalue weighted by atomic mass is 10.1. The van der Waals surface area contributed by atoms with Gasteiger partial charge in [0.2, 0.25) is 0 Å². The molecular weight excluding hydrogens is 239 g/mol. The van der Waals surface area contributed by atoms with Crippen molar-refractivity contribution in [2.75, 3.05) is 0 Å². The molecule has 1 aromatic rings. The maximum absolute atomic E-state index is 13.2. The molecule has 0 aliphatic rings. The normalized spacial score (nSPS) is 9.69. The van der Waals surface area contributed by atoms with Crippen molar-refractivity contribution >= 4 is 27.5 Å². The number of carboxylic acids is 1. The molecule has 1 rings (SSSR count). The van der Waals surface area contributed by atoms with Crippen molar-refractivity contribution in [3.05, 3.63) is 40.6 Å². The topological polar surface area (TPSA) is 37.3 Å². The molecule has 0 atom stereocenters. The van der Waals surface area contributed by atoms with Gasteiger partial charge in [0, 0.05) is 5.56 Å². The minimum atomic E-state index is -1.22. The molecule has 68 valence electrons. The predicted octanol–water partition coefficient (Wildman–Crippen LogP) is 2.69. The van der Waals surface area contributed by atoms with Crippen LogP contribution in [-0.4, -0.2) is 11.1 Å². The van der Waals surface area contributed by atoms with Crippen molar-refractivity contribution in [2.24, 2.45) is 0 Å². The lowest BCUT2D eigenvalue weighted by Crippen LogP contribution is -2.00. The Balaban J connectivity index is 3.23. The van der Waals surface area contributed by atoms with E-state index in [0.717, 1.165) is 0 Å². The molecule has 2 nitrogen and oxygen atoms in total. The van der Waals surface area contributed by atoms with Crippen LogP contribution in [0.15, 0.2) is 29.3 Å². The summed E-state index contributed by atoms with van der Waals surface area (Å²) in [5, 5.41) is 8.57. The van der Waals surface area contributed by atoms with Crippen LogP contribution >= 0.6 is 15.9 Å². The van der Waals surface area contributed by atoms with E-state index in [-0.39, 0.29) is 15.6 Å². The Hall–Kier alpha value is -1.16. The van der Waals surface area contributed by atoms with Gasteiger partial charge >= 0.3 is 5.97 Å². The summed E-state index contributed by atoms with van der Waals surface area (Å²) in [4.78, 5) is 10.5. The zero-order valence-corrected chi connectivity index (χ0v) is 8.14. The van der Waals surface area contributed by atoms with Gasteiger partial charge in [-0.15, -0.1) is 0 Å². The Labute approximate surface area is 82.8 Å². The number of rotatable bonds is 2. The van der Waals surface area contributed by atoms with Gasteiger partial charge in [0.05, 0.1) is 10.0 Å². The molecule has 0 aliphatic heterocycles. The van der Waals surface area contributed by atoms with E-state index in [4.69, 9.17) is 5.11 Å². The third-order valence-corrected chi connectivity index (χ3v) is 2.15. The summed E-state index contributed by atoms with van der Waals surface area (Å²) in [5.41, 5.74) is -0.249. The van der Waals surface area contributed by atoms with Crippen molar-refractivity contribution in [1.82, 2.24) is 0 Å². The molecular formula is C9H6BrFO2. The fourth-order valence-corrected chi connectivity index (χ4v) is 1.22. The van der Waals surface area contributed by atoms with Gasteiger partial charge in [-0.25, -0.2) is 9.18 Å². The molecule has 1 N–H and O–H groups in total. The van der Waals surface area contributed by atoms with E-state index in [1.54, 1.807) is 6.07 Å². The van der Waals surface area contributed by atoms with E-state index in [0.29, 0.717) is 0 Å². The van der Waals surface area contributed by atoms with E-state index in [9.17, 15) is 9.18 Å². The average Bonchev–Trinajstić information content (AvgIpc) is 2.08. The monoisotopic (exact) mass is 244 g/mol. The summed E-state index contributed by atoms with van der Waals surface area (Å²) in [6.07, 6.45) is 0. The molecule has 0 heterocycles. The molecule has 0 aliphatic carbocycles. The van der Waals surface area contributed by atoms with Crippen LogP contribution in [0.5, 0.6) is 0 Å². The van der Waals surface area contributed by atoms with Crippen LogP contribution in [-0.2, 0) is 4.79 Å². The van der Waals surface area contributed by atoms with Gasteiger partial charge in [0.15, 0.2) is 0 Å². The maximum Gasteiger partial charge on any atom is 0.335 e. The Morgan fingerprint density at radius 1 is 1.54 bits per heavy atom. The zero-order valence-electron chi connectivity index (χ0n) is 6.55. The van der Waals surface area contributed by atoms with E-state index in [1.165, 1.54) is 12.1 Å². The van der Waals surface area contributed by atoms with Crippen molar-refractivity contribution in [3.8, 4) is 0 Å². The number of carbonyl (C=O) groups is 1. The number of halogens is 2. The highest BCUT2D eigenvalue weighted by molar-refractivity contribution is 9.10. The number of benzene rings is 1. The molecule has 0 amide bonds. The highest BCUT2D eigenvalue weighted by Crippen LogP contribution is 2.23. The lowest BCUT2D eigenvalue weighted by Gasteiger charge is -2.03. The summed E-state index contributed by atoms with van der Waals surface area (Å²) in [6, 6.07) is 4.42. The molecule has 0 aromatic heterocycles. The van der Waals surface area contributed by atoms with Crippen molar-refractivity contribution < 1.29 is 14.3 Å². The molecule has 0 saturated carbocycles. The van der Waals surface area contributed by atoms with Crippen molar-refractivity contribution in [1.29, 1.82) is 0 Å². The number of hydrogen-bond acceptors (Lipinski definition) is 1. The summed E-state index contributed by atoms with van der Waals surface area (Å²) >= 11 is 2.95. The standard InChI is InChI=1S/C9H6BrFO2/c1-5(9(12)13)6-3-2-4-7(10)8(6)11/h2-4H,1H2,(H,12,13). The van der Waals surface area contributed by atoms with E-state index in [1.807, 2.05) is 0 Å². The van der Waals surface area contributed by atoms with Crippen LogP contribution in [0.25, 0.3) is 5.57 Å². The van der Waals surface area contributed by atoms with Gasteiger partial charge in [-0.1, -0.05) is 18.7 Å². The summed E-state index contributed by atoms with van der Waals surface area (Å²) in [5.74, 6) is -1.83. The minimum Gasteiger partial charge on any atom is -0.478 e. The maximum atomic E-state index is 13.2. The second kappa shape index (κ2) is 3.70. The smallest absolute Gasteiger partial charge is 0.335 e. The summed E-state index contributed by atoms with van der Waals surface area (Å²) in [7, 11) is 0. The molecule has 13 heavy (non-hydrogen) atoms. The van der Waals surface area contributed by atoms with E-state index in [2.05, 4.69) is 22.5 Å². The van der Waals surface area contributed by atoms with Gasteiger partial charge in [-0.3, -0.25) is 0 Å². The van der Waals surface area contributed by atoms with Gasteiger partial charge in [-0.2, -0.15) is 0 Å². The number of hydrogen-bond donors (Lipinski definition) is 1. The van der Waals surface area contributed by atoms with Gasteiger partial charge < -0.3 is 5.11 Å². The van der Waals surface area contributed by atoms with E-state index >= 15 is 0 Å². The molecule has 1 aromatic carbocycles. The quantitative estimate of drug-likeness (QED) is 0.813. The molecule has 0 unspecified atom stereocenters. The Kier molecular flexibility index (Phi) is 2.83. The first-order valence-corrected chi connectivity index (χ1v) is 4.20. The number of carboxylic acid groups (broad SMARTS) is 1. The molecule has 0 radical (unpaired) electrons. The highest BCUT2D eigenvalue weighted by Gasteiger charge is 2.13. The van der Waals surface area contributed by atoms with Gasteiger partial charge in [-0.05, 0) is 22.0 Å². The average molecular weight is 245 g/mol. The van der Waals surface area contributed by atoms with Crippen molar-refractivity contribution in [2.45, 2.75) is 0 Å². The Morgan fingerprint density at radius 3 is 2.69 bits per heavy atom. The Bertz CT molecular complexity index is 374. The van der Waals surface area contributed by atoms with Crippen molar-refractivity contribution in [3.63, 3.8) is 0 Å². The predicted molar refractivity (Wildman–Crippen MR) is 50.8 cm³/mol. The molecule has 0 fully saturated rings. The van der Waals surface area contributed by atoms with Crippen LogP contribution < -0.4 is 0 Å². The zero-order chi connectivity index (χ0) is 10.0. The second-order valence-electron chi connectivity index (χ2n) is 2.39. The molecule has 0 bridgehead atoms. The van der Waals surface area contributed by atoms with E-state index < -0.39 is 11.8 Å². The first-order valence-electron chi connectivity index (χ1n) is 3.40. The minimum absolute atomic E-state index is 0.00174. The fraction of sp³-hybridized carbons (Fsp3) is 0. The highest BCUT2D eigenvalue weighted by atomic mass is 79.9. The first kappa shape index (κ1) is 9.92. The third kappa shape index (κ3) is 1.95. The van der Waals surface area contributed by atoms with Crippen LogP contribution in [0.2, 0.25) is 0 Å². The second-order valence-corrected chi connectivity index (χ2v) is 3.24. The Morgan fingerprint density at radius 2 is 2.15 bits per heavy atom. The third-order valence-electron chi connectivity index (χ3n) is 1.53. The van der Waals surface area contributed by atoms with Gasteiger partial charge in [0.1, 0.15) is 5.82 Å². The molecule has 0 spiro atoms. The largest absolute Gasteiger partial charge is 0.478 e. The molecule has 0 saturated heterocycles. The number of aliphatic carboxylic acids is 1. The molecule has 4 heteroatoms. The fourth-order valence-electron chi connectivity index (χ4n) is 0.852. The summed E-state index contributed by atoms with van der Waals surface area (Å²) in [6.45, 7) is 3.27. The van der Waals surface area contributed by atoms with Crippen LogP contribution in [0.4, 0.5) is 4.39 Å². The SMILES string of the molecule is C=C(C(=O)O)c1cccc(Br)c1F. The van der Waals surface area contributed by atoms with Crippen LogP contribution in [0.3, 0.4) is 0 Å². The van der Waals surface area contributed by atoms with Gasteiger partial charge in [0.25, 0.3) is 0 Å². The lowest BCUT2D eigenvalue weighted by molar-refractivity contribution is -0.130. The van der Waals surface area contributed by atoms with Crippen LogP contribution in [0, 0.1) is 5.82 Å².